The number of hydrogen-bond donors (Lipinski definition) is 0. The van der Waals surface area contributed by atoms with E-state index in [4.69, 9.17) is 0 Å². The molecule has 0 unspecified atom stereocenters. The molecule has 0 saturated heterocycles. The minimum atomic E-state index is -4.38. The smallest absolute Gasteiger partial charge is 0.273 e. The van der Waals surface area contributed by atoms with Crippen molar-refractivity contribution in [2.45, 2.75) is 85.8 Å². The number of rotatable bonds is 7. The van der Waals surface area contributed by atoms with Gasteiger partial charge in [0, 0.05) is 5.41 Å². The van der Waals surface area contributed by atoms with Crippen molar-refractivity contribution in [2.24, 2.45) is 16.2 Å². The van der Waals surface area contributed by atoms with Gasteiger partial charge in [-0.3, -0.25) is 4.18 Å². The summed E-state index contributed by atoms with van der Waals surface area (Å²) in [4.78, 5) is 0. The summed E-state index contributed by atoms with van der Waals surface area (Å²) < 4.78 is 56.4. The Hall–Kier alpha value is -0.230. The van der Waals surface area contributed by atoms with Crippen LogP contribution in [0.5, 0.6) is 0 Å². The van der Waals surface area contributed by atoms with Crippen LogP contribution in [0.15, 0.2) is 0 Å². The SMILES string of the molecule is COS(=O)(=O)C(C)(C)C(F)(F)C(C)(C)CC(C)(C)CC(C)(C)C. The Morgan fingerprint density at radius 3 is 1.52 bits per heavy atom. The minimum Gasteiger partial charge on any atom is -0.273 e. The highest BCUT2D eigenvalue weighted by Gasteiger charge is 2.64. The van der Waals surface area contributed by atoms with Crippen LogP contribution in [-0.2, 0) is 14.3 Å². The summed E-state index contributed by atoms with van der Waals surface area (Å²) in [5, 5.41) is 0. The topological polar surface area (TPSA) is 43.4 Å². The molecule has 0 bridgehead atoms. The van der Waals surface area contributed by atoms with Crippen molar-refractivity contribution < 1.29 is 21.4 Å². The molecular weight excluding hydrogens is 322 g/mol. The molecule has 0 fully saturated rings. The van der Waals surface area contributed by atoms with Crippen molar-refractivity contribution in [3.63, 3.8) is 0 Å². The lowest BCUT2D eigenvalue weighted by Gasteiger charge is -2.47. The van der Waals surface area contributed by atoms with Gasteiger partial charge in [-0.1, -0.05) is 48.5 Å². The van der Waals surface area contributed by atoms with Gasteiger partial charge in [-0.2, -0.15) is 8.42 Å². The summed E-state index contributed by atoms with van der Waals surface area (Å²) in [5.41, 5.74) is -1.85. The van der Waals surface area contributed by atoms with E-state index in [0.717, 1.165) is 27.4 Å². The second-order valence-electron chi connectivity index (χ2n) is 9.67. The van der Waals surface area contributed by atoms with E-state index < -0.39 is 26.2 Å². The van der Waals surface area contributed by atoms with Gasteiger partial charge in [-0.25, -0.2) is 8.78 Å². The van der Waals surface area contributed by atoms with Gasteiger partial charge >= 0.3 is 0 Å². The van der Waals surface area contributed by atoms with Crippen LogP contribution in [0.1, 0.15) is 75.2 Å². The zero-order valence-corrected chi connectivity index (χ0v) is 17.1. The Bertz CT molecular complexity index is 512. The third-order valence-corrected chi connectivity index (χ3v) is 6.33. The molecule has 0 aliphatic heterocycles. The molecule has 0 aromatic carbocycles. The Labute approximate surface area is 141 Å². The zero-order valence-electron chi connectivity index (χ0n) is 16.3. The van der Waals surface area contributed by atoms with Crippen LogP contribution in [0.2, 0.25) is 0 Å². The van der Waals surface area contributed by atoms with E-state index >= 15 is 8.78 Å². The molecule has 140 valence electrons. The van der Waals surface area contributed by atoms with Crippen molar-refractivity contribution in [3.8, 4) is 0 Å². The number of halogens is 2. The third kappa shape index (κ3) is 4.88. The molecule has 0 spiro atoms. The molecule has 6 heteroatoms. The summed E-state index contributed by atoms with van der Waals surface area (Å²) in [6, 6.07) is 0. The maximum atomic E-state index is 15.2. The minimum absolute atomic E-state index is 0.00297. The second kappa shape index (κ2) is 6.25. The molecular formula is C17H34F2O3S. The lowest BCUT2D eigenvalue weighted by Crippen LogP contribution is -2.58. The average Bonchev–Trinajstić information content (AvgIpc) is 2.22. The van der Waals surface area contributed by atoms with Gasteiger partial charge < -0.3 is 0 Å². The first-order valence-electron chi connectivity index (χ1n) is 7.90. The van der Waals surface area contributed by atoms with Gasteiger partial charge in [-0.15, -0.1) is 0 Å². The van der Waals surface area contributed by atoms with Gasteiger partial charge in [-0.05, 0) is 37.5 Å². The Morgan fingerprint density at radius 1 is 0.826 bits per heavy atom. The lowest BCUT2D eigenvalue weighted by atomic mass is 9.64. The Kier molecular flexibility index (Phi) is 6.19. The summed E-state index contributed by atoms with van der Waals surface area (Å²) >= 11 is 0. The third-order valence-electron chi connectivity index (χ3n) is 4.38. The fourth-order valence-electron chi connectivity index (χ4n) is 3.99. The standard InChI is InChI=1S/C17H34F2O3S/c1-13(2,3)11-14(4,5)12-15(6,7)17(18,19)16(8,9)23(20,21)22-10/h11-12H2,1-10H3. The van der Waals surface area contributed by atoms with Crippen molar-refractivity contribution >= 4 is 10.1 Å². The molecule has 0 aliphatic rings. The molecule has 0 aromatic rings. The fraction of sp³-hybridized carbons (Fsp3) is 1.00. The summed E-state index contributed by atoms with van der Waals surface area (Å²) in [6.45, 7) is 15.0. The van der Waals surface area contributed by atoms with Gasteiger partial charge in [0.15, 0.2) is 4.75 Å². The van der Waals surface area contributed by atoms with E-state index in [1.54, 1.807) is 0 Å². The first kappa shape index (κ1) is 22.8. The van der Waals surface area contributed by atoms with E-state index in [1.807, 2.05) is 13.8 Å². The van der Waals surface area contributed by atoms with E-state index in [1.165, 1.54) is 13.8 Å². The molecule has 0 rings (SSSR count). The van der Waals surface area contributed by atoms with Gasteiger partial charge in [0.1, 0.15) is 0 Å². The first-order valence-corrected chi connectivity index (χ1v) is 9.31. The normalized spacial score (nSPS) is 15.8. The maximum absolute atomic E-state index is 15.2. The van der Waals surface area contributed by atoms with E-state index in [9.17, 15) is 8.42 Å². The van der Waals surface area contributed by atoms with Crippen molar-refractivity contribution in [2.75, 3.05) is 7.11 Å². The monoisotopic (exact) mass is 356 g/mol. The van der Waals surface area contributed by atoms with Gasteiger partial charge in [0.05, 0.1) is 7.11 Å². The largest absolute Gasteiger partial charge is 0.278 e. The van der Waals surface area contributed by atoms with Crippen LogP contribution in [0, 0.1) is 16.2 Å². The highest BCUT2D eigenvalue weighted by molar-refractivity contribution is 7.88. The van der Waals surface area contributed by atoms with Crippen LogP contribution >= 0.6 is 0 Å². The second-order valence-corrected chi connectivity index (χ2v) is 11.9. The van der Waals surface area contributed by atoms with E-state index in [2.05, 4.69) is 25.0 Å². The molecule has 23 heavy (non-hydrogen) atoms. The zero-order chi connectivity index (χ0) is 19.1. The number of alkyl halides is 2. The van der Waals surface area contributed by atoms with Gasteiger partial charge in [0.2, 0.25) is 0 Å². The quantitative estimate of drug-likeness (QED) is 0.585. The molecule has 0 aromatic heterocycles. The summed E-state index contributed by atoms with van der Waals surface area (Å²) in [6.07, 6.45) is 0.962. The molecule has 0 atom stereocenters. The van der Waals surface area contributed by atoms with Crippen molar-refractivity contribution in [1.82, 2.24) is 0 Å². The highest BCUT2D eigenvalue weighted by Crippen LogP contribution is 2.54. The van der Waals surface area contributed by atoms with Crippen molar-refractivity contribution in [3.05, 3.63) is 0 Å². The molecule has 3 nitrogen and oxygen atoms in total. The van der Waals surface area contributed by atoms with E-state index in [-0.39, 0.29) is 17.3 Å². The van der Waals surface area contributed by atoms with Crippen LogP contribution < -0.4 is 0 Å². The summed E-state index contributed by atoms with van der Waals surface area (Å²) in [5.74, 6) is -3.45. The Morgan fingerprint density at radius 2 is 1.22 bits per heavy atom. The summed E-state index contributed by atoms with van der Waals surface area (Å²) in [7, 11) is -3.46. The van der Waals surface area contributed by atoms with Crippen LogP contribution in [-0.4, -0.2) is 26.2 Å². The number of hydrogen-bond acceptors (Lipinski definition) is 3. The molecule has 0 radical (unpaired) electrons. The predicted molar refractivity (Wildman–Crippen MR) is 91.2 cm³/mol. The van der Waals surface area contributed by atoms with Crippen LogP contribution in [0.4, 0.5) is 8.78 Å². The molecule has 0 heterocycles. The molecule has 0 aliphatic carbocycles. The lowest BCUT2D eigenvalue weighted by molar-refractivity contribution is -0.147. The molecule has 0 amide bonds. The molecule has 0 N–H and O–H groups in total. The van der Waals surface area contributed by atoms with E-state index in [0.29, 0.717) is 0 Å². The van der Waals surface area contributed by atoms with Crippen LogP contribution in [0.25, 0.3) is 0 Å². The molecule has 0 saturated carbocycles. The average molecular weight is 357 g/mol. The fourth-order valence-corrected chi connectivity index (χ4v) is 4.99. The van der Waals surface area contributed by atoms with Gasteiger partial charge in [0.25, 0.3) is 16.0 Å². The van der Waals surface area contributed by atoms with Crippen LogP contribution in [0.3, 0.4) is 0 Å². The van der Waals surface area contributed by atoms with Crippen molar-refractivity contribution in [1.29, 1.82) is 0 Å². The first-order chi connectivity index (χ1) is 9.72. The predicted octanol–water partition coefficient (Wildman–Crippen LogP) is 5.26. The Balaban J connectivity index is 5.73. The highest BCUT2D eigenvalue weighted by atomic mass is 32.2. The maximum Gasteiger partial charge on any atom is 0.278 e.